The molecule has 3 N–H and O–H groups in total. The second-order valence-electron chi connectivity index (χ2n) is 6.60. The van der Waals surface area contributed by atoms with Gasteiger partial charge in [0.05, 0.1) is 0 Å². The second-order valence-corrected chi connectivity index (χ2v) is 6.60. The number of rotatable bonds is 7. The predicted molar refractivity (Wildman–Crippen MR) is 115 cm³/mol. The molecule has 1 saturated heterocycles. The summed E-state index contributed by atoms with van der Waals surface area (Å²) >= 11 is 0. The zero-order valence-electron chi connectivity index (χ0n) is 19.1. The highest BCUT2D eigenvalue weighted by molar-refractivity contribution is 5.88. The summed E-state index contributed by atoms with van der Waals surface area (Å²) in [6, 6.07) is -0.223. The number of hydrogen-bond acceptors (Lipinski definition) is 4. The summed E-state index contributed by atoms with van der Waals surface area (Å²) in [5.41, 5.74) is 4.50. The number of nitrogens with zero attached hydrogens (tertiary/aromatic N) is 1. The fourth-order valence-electron chi connectivity index (χ4n) is 2.47. The number of nitrogens with one attached hydrogen (secondary N) is 1. The normalized spacial score (nSPS) is 14.7. The van der Waals surface area contributed by atoms with Crippen LogP contribution in [0.15, 0.2) is 0 Å². The monoisotopic (exact) mass is 387 g/mol. The highest BCUT2D eigenvalue weighted by atomic mass is 16.2. The molecule has 0 aromatic carbocycles. The lowest BCUT2D eigenvalue weighted by Crippen LogP contribution is -2.44. The maximum absolute atomic E-state index is 11.8. The topological polar surface area (TPSA) is 92.5 Å². The molecule has 0 unspecified atom stereocenters. The fourth-order valence-corrected chi connectivity index (χ4v) is 2.47. The SMILES string of the molecule is CC.CC(=O)CCC(C)C.CCCCC(=O)N1CCC[C@H]1C(=O)NC.CN. The van der Waals surface area contributed by atoms with Gasteiger partial charge >= 0.3 is 0 Å². The molecule has 1 heterocycles. The van der Waals surface area contributed by atoms with Crippen LogP contribution >= 0.6 is 0 Å². The van der Waals surface area contributed by atoms with Crippen LogP contribution in [-0.4, -0.2) is 49.2 Å². The molecule has 1 fully saturated rings. The van der Waals surface area contributed by atoms with Crippen molar-refractivity contribution in [3.63, 3.8) is 0 Å². The van der Waals surface area contributed by atoms with Crippen molar-refractivity contribution < 1.29 is 14.4 Å². The molecular formula is C21H45N3O3. The minimum Gasteiger partial charge on any atom is -0.357 e. The molecule has 0 radical (unpaired) electrons. The van der Waals surface area contributed by atoms with Crippen molar-refractivity contribution >= 4 is 17.6 Å². The van der Waals surface area contributed by atoms with E-state index in [-0.39, 0.29) is 17.9 Å². The Morgan fingerprint density at radius 3 is 2.07 bits per heavy atom. The summed E-state index contributed by atoms with van der Waals surface area (Å²) in [6.07, 6.45) is 6.03. The minimum atomic E-state index is -0.223. The van der Waals surface area contributed by atoms with E-state index in [9.17, 15) is 14.4 Å². The van der Waals surface area contributed by atoms with Crippen LogP contribution in [0.1, 0.15) is 86.5 Å². The molecule has 0 aliphatic carbocycles. The molecule has 1 aliphatic heterocycles. The van der Waals surface area contributed by atoms with Gasteiger partial charge in [-0.05, 0) is 45.6 Å². The summed E-state index contributed by atoms with van der Waals surface area (Å²) in [5.74, 6) is 1.07. The van der Waals surface area contributed by atoms with Gasteiger partial charge < -0.3 is 20.7 Å². The average Bonchev–Trinajstić information content (AvgIpc) is 3.17. The lowest BCUT2D eigenvalue weighted by molar-refractivity contribution is -0.138. The first-order chi connectivity index (χ1) is 12.8. The Morgan fingerprint density at radius 1 is 1.15 bits per heavy atom. The molecule has 6 heteroatoms. The minimum absolute atomic E-state index is 0.0302. The highest BCUT2D eigenvalue weighted by Crippen LogP contribution is 2.19. The lowest BCUT2D eigenvalue weighted by Gasteiger charge is -2.23. The van der Waals surface area contributed by atoms with E-state index in [4.69, 9.17) is 0 Å². The van der Waals surface area contributed by atoms with Crippen molar-refractivity contribution in [2.75, 3.05) is 20.6 Å². The van der Waals surface area contributed by atoms with Crippen LogP contribution in [0.5, 0.6) is 0 Å². The zero-order chi connectivity index (χ0) is 21.8. The van der Waals surface area contributed by atoms with Gasteiger partial charge in [0.1, 0.15) is 11.8 Å². The molecule has 0 aromatic rings. The third kappa shape index (κ3) is 16.5. The molecule has 162 valence electrons. The molecule has 1 rings (SSSR count). The first-order valence-electron chi connectivity index (χ1n) is 10.4. The van der Waals surface area contributed by atoms with Gasteiger partial charge in [-0.1, -0.05) is 41.0 Å². The van der Waals surface area contributed by atoms with Gasteiger partial charge in [-0.3, -0.25) is 9.59 Å². The summed E-state index contributed by atoms with van der Waals surface area (Å²) in [7, 11) is 3.12. The Morgan fingerprint density at radius 2 is 1.70 bits per heavy atom. The zero-order valence-corrected chi connectivity index (χ0v) is 19.1. The van der Waals surface area contributed by atoms with E-state index in [0.717, 1.165) is 45.1 Å². The van der Waals surface area contributed by atoms with Crippen LogP contribution in [0, 0.1) is 5.92 Å². The van der Waals surface area contributed by atoms with Gasteiger partial charge in [-0.2, -0.15) is 0 Å². The molecule has 6 nitrogen and oxygen atoms in total. The number of nitrogens with two attached hydrogens (primary N) is 1. The molecule has 27 heavy (non-hydrogen) atoms. The number of ketones is 1. The van der Waals surface area contributed by atoms with Crippen molar-refractivity contribution in [1.29, 1.82) is 0 Å². The van der Waals surface area contributed by atoms with Gasteiger partial charge in [-0.15, -0.1) is 0 Å². The van der Waals surface area contributed by atoms with Crippen molar-refractivity contribution in [3.05, 3.63) is 0 Å². The highest BCUT2D eigenvalue weighted by Gasteiger charge is 2.32. The maximum Gasteiger partial charge on any atom is 0.242 e. The first kappa shape index (κ1) is 30.3. The van der Waals surface area contributed by atoms with Crippen molar-refractivity contribution in [2.24, 2.45) is 11.7 Å². The van der Waals surface area contributed by atoms with Gasteiger partial charge in [0, 0.05) is 26.4 Å². The summed E-state index contributed by atoms with van der Waals surface area (Å²) in [5, 5.41) is 2.62. The molecular weight excluding hydrogens is 342 g/mol. The molecule has 2 amide bonds. The number of carbonyl (C=O) groups is 3. The molecule has 0 saturated carbocycles. The van der Waals surface area contributed by atoms with E-state index in [2.05, 4.69) is 31.8 Å². The average molecular weight is 388 g/mol. The maximum atomic E-state index is 11.8. The standard InChI is InChI=1S/C11H20N2O2.C7H14O.C2H6.CH5N/c1-3-4-7-10(14)13-8-5-6-9(13)11(15)12-2;1-6(2)4-5-7(3)8;2*1-2/h9H,3-8H2,1-2H3,(H,12,15);6H,4-5H2,1-3H3;1-2H3;2H2,1H3/t9-;;;/m0.../s1. The van der Waals surface area contributed by atoms with Gasteiger partial charge in [0.2, 0.25) is 11.8 Å². The van der Waals surface area contributed by atoms with Gasteiger partial charge in [0.25, 0.3) is 0 Å². The first-order valence-corrected chi connectivity index (χ1v) is 10.4. The van der Waals surface area contributed by atoms with E-state index in [0.29, 0.717) is 18.1 Å². The number of Topliss-reactive ketones (excluding diaryl/α,β-unsaturated/α-hetero) is 1. The molecule has 0 bridgehead atoms. The number of hydrogen-bond donors (Lipinski definition) is 2. The molecule has 0 spiro atoms. The summed E-state index contributed by atoms with van der Waals surface area (Å²) in [6.45, 7) is 12.7. The number of amides is 2. The number of likely N-dealkylation sites (tertiary alicyclic amines) is 1. The Balaban J connectivity index is -0.000000408. The summed E-state index contributed by atoms with van der Waals surface area (Å²) < 4.78 is 0. The van der Waals surface area contributed by atoms with E-state index >= 15 is 0 Å². The Hall–Kier alpha value is -1.43. The van der Waals surface area contributed by atoms with Crippen LogP contribution in [0.25, 0.3) is 0 Å². The molecule has 1 atom stereocenters. The Labute approximate surface area is 167 Å². The van der Waals surface area contributed by atoms with Crippen molar-refractivity contribution in [3.8, 4) is 0 Å². The third-order valence-electron chi connectivity index (χ3n) is 3.94. The number of carbonyl (C=O) groups excluding carboxylic acids is 3. The Kier molecular flexibility index (Phi) is 23.4. The predicted octanol–water partition coefficient (Wildman–Crippen LogP) is 3.53. The van der Waals surface area contributed by atoms with Gasteiger partial charge in [-0.25, -0.2) is 0 Å². The lowest BCUT2D eigenvalue weighted by atomic mass is 10.1. The van der Waals surface area contributed by atoms with E-state index < -0.39 is 0 Å². The number of likely N-dealkylation sites (N-methyl/N-ethyl adjacent to an activating group) is 1. The van der Waals surface area contributed by atoms with E-state index in [1.54, 1.807) is 18.9 Å². The quantitative estimate of drug-likeness (QED) is 0.699. The second kappa shape index (κ2) is 20.9. The Bertz CT molecular complexity index is 385. The molecule has 0 aromatic heterocycles. The van der Waals surface area contributed by atoms with Crippen LogP contribution in [-0.2, 0) is 14.4 Å². The van der Waals surface area contributed by atoms with Crippen molar-refractivity contribution in [2.45, 2.75) is 92.5 Å². The van der Waals surface area contributed by atoms with Crippen LogP contribution in [0.2, 0.25) is 0 Å². The number of unbranched alkanes of at least 4 members (excludes halogenated alkanes) is 1. The molecule has 1 aliphatic rings. The van der Waals surface area contributed by atoms with E-state index in [1.165, 1.54) is 7.05 Å². The largest absolute Gasteiger partial charge is 0.357 e. The van der Waals surface area contributed by atoms with Crippen LogP contribution < -0.4 is 11.1 Å². The smallest absolute Gasteiger partial charge is 0.242 e. The third-order valence-corrected chi connectivity index (χ3v) is 3.94. The summed E-state index contributed by atoms with van der Waals surface area (Å²) in [4.78, 5) is 35.4. The van der Waals surface area contributed by atoms with Crippen LogP contribution in [0.4, 0.5) is 0 Å². The van der Waals surface area contributed by atoms with Crippen LogP contribution in [0.3, 0.4) is 0 Å². The van der Waals surface area contributed by atoms with Gasteiger partial charge in [0.15, 0.2) is 0 Å². The van der Waals surface area contributed by atoms with E-state index in [1.807, 2.05) is 13.8 Å². The van der Waals surface area contributed by atoms with Crippen molar-refractivity contribution in [1.82, 2.24) is 10.2 Å². The fraction of sp³-hybridized carbons (Fsp3) is 0.857.